The molecule has 1 saturated carbocycles. The summed E-state index contributed by atoms with van der Waals surface area (Å²) in [6.07, 6.45) is 1.47. The van der Waals surface area contributed by atoms with E-state index in [1.165, 1.54) is 0 Å². The van der Waals surface area contributed by atoms with Gasteiger partial charge in [0, 0.05) is 12.5 Å². The maximum atomic E-state index is 11.9. The molecule has 1 N–H and O–H groups in total. The van der Waals surface area contributed by atoms with Crippen LogP contribution in [0.1, 0.15) is 19.8 Å². The van der Waals surface area contributed by atoms with Crippen molar-refractivity contribution in [3.05, 3.63) is 0 Å². The van der Waals surface area contributed by atoms with Crippen molar-refractivity contribution in [1.82, 2.24) is 4.90 Å². The number of carboxylic acid groups (broad SMARTS) is 1. The summed E-state index contributed by atoms with van der Waals surface area (Å²) in [7, 11) is 2.06. The first-order chi connectivity index (χ1) is 8.99. The van der Waals surface area contributed by atoms with Crippen LogP contribution in [0, 0.1) is 29.6 Å². The van der Waals surface area contributed by atoms with Gasteiger partial charge in [0.05, 0.1) is 11.8 Å². The van der Waals surface area contributed by atoms with Crippen LogP contribution in [0.4, 0.5) is 0 Å². The normalized spacial score (nSPS) is 46.3. The predicted molar refractivity (Wildman–Crippen MR) is 67.4 cm³/mol. The number of ether oxygens (including phenoxy) is 1. The van der Waals surface area contributed by atoms with E-state index in [1.54, 1.807) is 0 Å². The average Bonchev–Trinajstić information content (AvgIpc) is 2.61. The van der Waals surface area contributed by atoms with Gasteiger partial charge < -0.3 is 14.7 Å². The summed E-state index contributed by atoms with van der Waals surface area (Å²) >= 11 is 0. The van der Waals surface area contributed by atoms with Crippen LogP contribution in [-0.4, -0.2) is 48.2 Å². The van der Waals surface area contributed by atoms with Gasteiger partial charge in [-0.05, 0) is 45.2 Å². The summed E-state index contributed by atoms with van der Waals surface area (Å²) in [5.41, 5.74) is 0. The SMILES string of the molecule is C[C@H]1OC(=O)[C@@H]2C[C@@H]3CN(C)CC[C@H]3[C@H](C(=O)O)[C@H]12. The van der Waals surface area contributed by atoms with Crippen molar-refractivity contribution in [3.8, 4) is 0 Å². The van der Waals surface area contributed by atoms with Crippen LogP contribution in [0.3, 0.4) is 0 Å². The highest BCUT2D eigenvalue weighted by Crippen LogP contribution is 2.50. The van der Waals surface area contributed by atoms with Crippen LogP contribution in [0.25, 0.3) is 0 Å². The van der Waals surface area contributed by atoms with Crippen LogP contribution >= 0.6 is 0 Å². The number of aliphatic carboxylic acids is 1. The zero-order valence-corrected chi connectivity index (χ0v) is 11.4. The van der Waals surface area contributed by atoms with E-state index in [4.69, 9.17) is 4.74 Å². The highest BCUT2D eigenvalue weighted by atomic mass is 16.6. The number of hydrogen-bond donors (Lipinski definition) is 1. The third-order valence-electron chi connectivity index (χ3n) is 5.33. The smallest absolute Gasteiger partial charge is 0.309 e. The van der Waals surface area contributed by atoms with E-state index in [9.17, 15) is 14.7 Å². The highest BCUT2D eigenvalue weighted by Gasteiger charge is 2.57. The first-order valence-electron chi connectivity index (χ1n) is 7.11. The molecule has 2 aliphatic heterocycles. The highest BCUT2D eigenvalue weighted by molar-refractivity contribution is 5.79. The zero-order valence-electron chi connectivity index (χ0n) is 11.4. The van der Waals surface area contributed by atoms with E-state index >= 15 is 0 Å². The number of nitrogens with zero attached hydrogens (tertiary/aromatic N) is 1. The minimum atomic E-state index is -0.751. The lowest BCUT2D eigenvalue weighted by molar-refractivity contribution is -0.153. The van der Waals surface area contributed by atoms with Gasteiger partial charge in [-0.15, -0.1) is 0 Å². The van der Waals surface area contributed by atoms with Gasteiger partial charge in [0.1, 0.15) is 6.10 Å². The first-order valence-corrected chi connectivity index (χ1v) is 7.11. The summed E-state index contributed by atoms with van der Waals surface area (Å²) in [5, 5.41) is 9.61. The number of carboxylic acids is 1. The van der Waals surface area contributed by atoms with Crippen molar-refractivity contribution in [2.24, 2.45) is 29.6 Å². The molecule has 0 aromatic heterocycles. The van der Waals surface area contributed by atoms with Gasteiger partial charge >= 0.3 is 11.9 Å². The number of cyclic esters (lactones) is 1. The molecule has 5 heteroatoms. The third kappa shape index (κ3) is 1.95. The maximum absolute atomic E-state index is 11.9. The number of piperidine rings is 1. The third-order valence-corrected chi connectivity index (χ3v) is 5.33. The van der Waals surface area contributed by atoms with Gasteiger partial charge in [-0.25, -0.2) is 0 Å². The molecule has 1 aliphatic carbocycles. The van der Waals surface area contributed by atoms with Crippen LogP contribution in [-0.2, 0) is 14.3 Å². The molecule has 0 spiro atoms. The largest absolute Gasteiger partial charge is 0.481 e. The fraction of sp³-hybridized carbons (Fsp3) is 0.857. The molecule has 2 saturated heterocycles. The molecule has 6 atom stereocenters. The maximum Gasteiger partial charge on any atom is 0.309 e. The Morgan fingerprint density at radius 1 is 1.47 bits per heavy atom. The van der Waals surface area contributed by atoms with Crippen LogP contribution in [0.5, 0.6) is 0 Å². The molecule has 3 aliphatic rings. The Bertz CT molecular complexity index is 410. The molecule has 106 valence electrons. The topological polar surface area (TPSA) is 66.8 Å². The van der Waals surface area contributed by atoms with E-state index in [-0.39, 0.29) is 29.8 Å². The molecule has 5 nitrogen and oxygen atoms in total. The Kier molecular flexibility index (Phi) is 3.04. The molecule has 0 amide bonds. The quantitative estimate of drug-likeness (QED) is 0.713. The Balaban J connectivity index is 1.92. The molecule has 0 aromatic rings. The Labute approximate surface area is 112 Å². The van der Waals surface area contributed by atoms with E-state index < -0.39 is 11.9 Å². The molecule has 19 heavy (non-hydrogen) atoms. The van der Waals surface area contributed by atoms with E-state index in [0.717, 1.165) is 25.9 Å². The number of rotatable bonds is 1. The summed E-state index contributed by atoms with van der Waals surface area (Å²) in [5.74, 6) is -1.17. The standard InChI is InChI=1S/C14H21NO4/c1-7-11-10(14(18)19-7)5-8-6-15(2)4-3-9(8)12(11)13(16)17/h7-12H,3-6H2,1-2H3,(H,16,17)/t7-,8-,9-,10-,11-,12+/m1/s1. The van der Waals surface area contributed by atoms with Crippen LogP contribution in [0.15, 0.2) is 0 Å². The monoisotopic (exact) mass is 267 g/mol. The number of esters is 1. The fourth-order valence-corrected chi connectivity index (χ4v) is 4.54. The summed E-state index contributed by atoms with van der Waals surface area (Å²) in [6.45, 7) is 3.69. The lowest BCUT2D eigenvalue weighted by Crippen LogP contribution is -2.52. The van der Waals surface area contributed by atoms with Crippen LogP contribution < -0.4 is 0 Å². The van der Waals surface area contributed by atoms with Gasteiger partial charge in [-0.1, -0.05) is 0 Å². The molecule has 3 rings (SSSR count). The van der Waals surface area contributed by atoms with Gasteiger partial charge in [-0.3, -0.25) is 9.59 Å². The van der Waals surface area contributed by atoms with Crippen LogP contribution in [0.2, 0.25) is 0 Å². The molecule has 0 radical (unpaired) electrons. The van der Waals surface area contributed by atoms with Crippen molar-refractivity contribution in [2.75, 3.05) is 20.1 Å². The summed E-state index contributed by atoms with van der Waals surface area (Å²) in [4.78, 5) is 25.9. The fourth-order valence-electron chi connectivity index (χ4n) is 4.54. The molecule has 0 unspecified atom stereocenters. The molecule has 3 fully saturated rings. The second kappa shape index (κ2) is 4.47. The average molecular weight is 267 g/mol. The second-order valence-corrected chi connectivity index (χ2v) is 6.40. The van der Waals surface area contributed by atoms with Gasteiger partial charge in [0.2, 0.25) is 0 Å². The minimum Gasteiger partial charge on any atom is -0.481 e. The molecule has 0 bridgehead atoms. The number of likely N-dealkylation sites (tertiary alicyclic amines) is 1. The van der Waals surface area contributed by atoms with E-state index in [1.807, 2.05) is 6.92 Å². The lowest BCUT2D eigenvalue weighted by atomic mass is 9.59. The van der Waals surface area contributed by atoms with Crippen molar-refractivity contribution in [1.29, 1.82) is 0 Å². The zero-order chi connectivity index (χ0) is 13.7. The Hall–Kier alpha value is -1.10. The number of fused-ring (bicyclic) bond motifs is 2. The minimum absolute atomic E-state index is 0.130. The van der Waals surface area contributed by atoms with Gasteiger partial charge in [0.25, 0.3) is 0 Å². The molecule has 0 aromatic carbocycles. The molecular weight excluding hydrogens is 246 g/mol. The van der Waals surface area contributed by atoms with Crippen molar-refractivity contribution in [3.63, 3.8) is 0 Å². The predicted octanol–water partition coefficient (Wildman–Crippen LogP) is 0.837. The van der Waals surface area contributed by atoms with E-state index in [2.05, 4.69) is 11.9 Å². The molecular formula is C14H21NO4. The van der Waals surface area contributed by atoms with Crippen molar-refractivity contribution >= 4 is 11.9 Å². The Morgan fingerprint density at radius 2 is 2.21 bits per heavy atom. The number of hydrogen-bond acceptors (Lipinski definition) is 4. The number of carbonyl (C=O) groups excluding carboxylic acids is 1. The summed E-state index contributed by atoms with van der Waals surface area (Å²) < 4.78 is 5.31. The second-order valence-electron chi connectivity index (χ2n) is 6.40. The number of carbonyl (C=O) groups is 2. The van der Waals surface area contributed by atoms with E-state index in [0.29, 0.717) is 5.92 Å². The van der Waals surface area contributed by atoms with Gasteiger partial charge in [0.15, 0.2) is 0 Å². The van der Waals surface area contributed by atoms with Crippen molar-refractivity contribution < 1.29 is 19.4 Å². The van der Waals surface area contributed by atoms with Gasteiger partial charge in [-0.2, -0.15) is 0 Å². The molecule has 2 heterocycles. The van der Waals surface area contributed by atoms with Crippen molar-refractivity contribution in [2.45, 2.75) is 25.9 Å². The Morgan fingerprint density at radius 3 is 2.89 bits per heavy atom. The summed E-state index contributed by atoms with van der Waals surface area (Å²) in [6, 6.07) is 0. The first kappa shape index (κ1) is 12.9. The lowest BCUT2D eigenvalue weighted by Gasteiger charge is -2.47.